The van der Waals surface area contributed by atoms with E-state index in [4.69, 9.17) is 10.8 Å². The normalized spacial score (nSPS) is 12.6. The topological polar surface area (TPSA) is 68.4 Å². The van der Waals surface area contributed by atoms with Gasteiger partial charge in [-0.25, -0.2) is 4.98 Å². The summed E-state index contributed by atoms with van der Waals surface area (Å²) < 4.78 is 77.1. The summed E-state index contributed by atoms with van der Waals surface area (Å²) in [7, 11) is 0. The van der Waals surface area contributed by atoms with Crippen molar-refractivity contribution in [1.29, 1.82) is 0 Å². The van der Waals surface area contributed by atoms with Crippen LogP contribution in [0.2, 0.25) is 0 Å². The highest BCUT2D eigenvalue weighted by Gasteiger charge is 2.38. The standard InChI is InChI=1S/C9H8F6N2O2/c10-8(11,12)6-5(3-18)1-4(2-16)7(17-6)19-9(13,14)15/h1,18H,2-3,16H2. The molecule has 1 aromatic rings. The van der Waals surface area contributed by atoms with Gasteiger partial charge in [-0.3, -0.25) is 0 Å². The zero-order valence-electron chi connectivity index (χ0n) is 9.14. The molecule has 1 heterocycles. The van der Waals surface area contributed by atoms with Crippen LogP contribution >= 0.6 is 0 Å². The summed E-state index contributed by atoms with van der Waals surface area (Å²) in [5.74, 6) is -1.28. The first-order valence-corrected chi connectivity index (χ1v) is 4.75. The molecule has 0 radical (unpaired) electrons. The summed E-state index contributed by atoms with van der Waals surface area (Å²) in [6, 6.07) is 0.677. The highest BCUT2D eigenvalue weighted by molar-refractivity contribution is 5.35. The first kappa shape index (κ1) is 15.5. The van der Waals surface area contributed by atoms with E-state index in [1.54, 1.807) is 0 Å². The number of alkyl halides is 6. The molecule has 1 aromatic heterocycles. The van der Waals surface area contributed by atoms with Crippen molar-refractivity contribution in [1.82, 2.24) is 4.98 Å². The van der Waals surface area contributed by atoms with Gasteiger partial charge in [-0.1, -0.05) is 0 Å². The third kappa shape index (κ3) is 3.96. The number of nitrogens with zero attached hydrogens (tertiary/aromatic N) is 1. The molecule has 0 bridgehead atoms. The lowest BCUT2D eigenvalue weighted by molar-refractivity contribution is -0.276. The fourth-order valence-electron chi connectivity index (χ4n) is 1.30. The number of aliphatic hydroxyl groups is 1. The van der Waals surface area contributed by atoms with E-state index in [0.717, 1.165) is 0 Å². The van der Waals surface area contributed by atoms with Gasteiger partial charge in [-0.05, 0) is 6.07 Å². The summed E-state index contributed by atoms with van der Waals surface area (Å²) >= 11 is 0. The molecule has 0 saturated heterocycles. The van der Waals surface area contributed by atoms with Crippen molar-refractivity contribution < 1.29 is 36.2 Å². The minimum absolute atomic E-state index is 0.394. The van der Waals surface area contributed by atoms with Crippen LogP contribution < -0.4 is 10.5 Å². The predicted molar refractivity (Wildman–Crippen MR) is 49.7 cm³/mol. The van der Waals surface area contributed by atoms with Crippen LogP contribution in [0, 0.1) is 0 Å². The summed E-state index contributed by atoms with van der Waals surface area (Å²) in [5.41, 5.74) is 2.38. The molecule has 0 fully saturated rings. The van der Waals surface area contributed by atoms with E-state index >= 15 is 0 Å². The Hall–Kier alpha value is -1.55. The number of nitrogens with two attached hydrogens (primary N) is 1. The number of pyridine rings is 1. The van der Waals surface area contributed by atoms with Crippen LogP contribution in [-0.2, 0) is 19.3 Å². The molecular weight excluding hydrogens is 282 g/mol. The summed E-state index contributed by atoms with van der Waals surface area (Å²) in [4.78, 5) is 2.76. The van der Waals surface area contributed by atoms with Crippen molar-refractivity contribution in [3.63, 3.8) is 0 Å². The Kier molecular flexibility index (Phi) is 4.25. The second-order valence-electron chi connectivity index (χ2n) is 3.37. The highest BCUT2D eigenvalue weighted by Crippen LogP contribution is 2.34. The smallest absolute Gasteiger partial charge is 0.392 e. The maximum absolute atomic E-state index is 12.5. The number of rotatable bonds is 3. The van der Waals surface area contributed by atoms with Gasteiger partial charge in [-0.15, -0.1) is 13.2 Å². The van der Waals surface area contributed by atoms with Crippen LogP contribution in [0.15, 0.2) is 6.07 Å². The second-order valence-corrected chi connectivity index (χ2v) is 3.37. The first-order chi connectivity index (χ1) is 8.58. The second kappa shape index (κ2) is 5.21. The minimum Gasteiger partial charge on any atom is -0.392 e. The summed E-state index contributed by atoms with van der Waals surface area (Å²) in [6.45, 7) is -1.56. The van der Waals surface area contributed by atoms with E-state index in [0.29, 0.717) is 6.07 Å². The van der Waals surface area contributed by atoms with Gasteiger partial charge in [0.05, 0.1) is 6.61 Å². The number of ether oxygens (including phenoxy) is 1. The van der Waals surface area contributed by atoms with Crippen LogP contribution in [-0.4, -0.2) is 16.5 Å². The van der Waals surface area contributed by atoms with Crippen molar-refractivity contribution in [3.8, 4) is 5.88 Å². The van der Waals surface area contributed by atoms with Gasteiger partial charge in [0, 0.05) is 17.7 Å². The largest absolute Gasteiger partial charge is 0.574 e. The van der Waals surface area contributed by atoms with Crippen LogP contribution in [0.1, 0.15) is 16.8 Å². The average Bonchev–Trinajstić information content (AvgIpc) is 2.25. The van der Waals surface area contributed by atoms with Gasteiger partial charge in [-0.2, -0.15) is 13.2 Å². The third-order valence-corrected chi connectivity index (χ3v) is 2.01. The Bertz CT molecular complexity index is 457. The minimum atomic E-state index is -5.19. The lowest BCUT2D eigenvalue weighted by Gasteiger charge is -2.16. The summed E-state index contributed by atoms with van der Waals surface area (Å²) in [5, 5.41) is 8.78. The molecule has 0 unspecified atom stereocenters. The number of hydrogen-bond acceptors (Lipinski definition) is 4. The average molecular weight is 290 g/mol. The van der Waals surface area contributed by atoms with Gasteiger partial charge < -0.3 is 15.6 Å². The fourth-order valence-corrected chi connectivity index (χ4v) is 1.30. The van der Waals surface area contributed by atoms with Gasteiger partial charge in [0.2, 0.25) is 5.88 Å². The zero-order valence-corrected chi connectivity index (χ0v) is 9.14. The van der Waals surface area contributed by atoms with E-state index < -0.39 is 48.4 Å². The zero-order chi connectivity index (χ0) is 14.8. The number of halogens is 6. The van der Waals surface area contributed by atoms with Crippen LogP contribution in [0.5, 0.6) is 5.88 Å². The third-order valence-electron chi connectivity index (χ3n) is 2.01. The molecule has 19 heavy (non-hydrogen) atoms. The lowest BCUT2D eigenvalue weighted by Crippen LogP contribution is -2.22. The van der Waals surface area contributed by atoms with Gasteiger partial charge in [0.15, 0.2) is 5.69 Å². The monoisotopic (exact) mass is 290 g/mol. The molecule has 3 N–H and O–H groups in total. The summed E-state index contributed by atoms with van der Waals surface area (Å²) in [6.07, 6.45) is -10.2. The van der Waals surface area contributed by atoms with Crippen LogP contribution in [0.4, 0.5) is 26.3 Å². The number of hydrogen-bond donors (Lipinski definition) is 2. The fraction of sp³-hybridized carbons (Fsp3) is 0.444. The quantitative estimate of drug-likeness (QED) is 0.835. The van der Waals surface area contributed by atoms with Crippen molar-refractivity contribution in [2.45, 2.75) is 25.7 Å². The lowest BCUT2D eigenvalue weighted by atomic mass is 10.1. The van der Waals surface area contributed by atoms with Crippen molar-refractivity contribution in [2.75, 3.05) is 0 Å². The molecular formula is C9H8F6N2O2. The van der Waals surface area contributed by atoms with Crippen LogP contribution in [0.25, 0.3) is 0 Å². The van der Waals surface area contributed by atoms with E-state index in [1.807, 2.05) is 0 Å². The Morgan fingerprint density at radius 1 is 1.16 bits per heavy atom. The molecule has 0 amide bonds. The van der Waals surface area contributed by atoms with E-state index in [1.165, 1.54) is 0 Å². The molecule has 0 aliphatic heterocycles. The maximum atomic E-state index is 12.5. The number of aromatic nitrogens is 1. The Morgan fingerprint density at radius 3 is 2.11 bits per heavy atom. The molecule has 0 aliphatic rings. The molecule has 108 valence electrons. The molecule has 0 spiro atoms. The van der Waals surface area contributed by atoms with Gasteiger partial charge in [0.1, 0.15) is 0 Å². The first-order valence-electron chi connectivity index (χ1n) is 4.75. The van der Waals surface area contributed by atoms with Crippen molar-refractivity contribution in [2.24, 2.45) is 5.73 Å². The van der Waals surface area contributed by atoms with Gasteiger partial charge in [0.25, 0.3) is 0 Å². The molecule has 10 heteroatoms. The Balaban J connectivity index is 3.38. The van der Waals surface area contributed by atoms with E-state index in [9.17, 15) is 26.3 Å². The Morgan fingerprint density at radius 2 is 1.74 bits per heavy atom. The molecule has 0 aromatic carbocycles. The highest BCUT2D eigenvalue weighted by atomic mass is 19.4. The molecule has 0 aliphatic carbocycles. The molecule has 0 saturated carbocycles. The van der Waals surface area contributed by atoms with E-state index in [2.05, 4.69) is 9.72 Å². The van der Waals surface area contributed by atoms with Gasteiger partial charge >= 0.3 is 12.5 Å². The van der Waals surface area contributed by atoms with E-state index in [-0.39, 0.29) is 0 Å². The molecule has 4 nitrogen and oxygen atoms in total. The number of aliphatic hydroxyl groups excluding tert-OH is 1. The molecule has 1 rings (SSSR count). The SMILES string of the molecule is NCc1cc(CO)c(C(F)(F)F)nc1OC(F)(F)F. The predicted octanol–water partition coefficient (Wildman–Crippen LogP) is 1.95. The van der Waals surface area contributed by atoms with Crippen molar-refractivity contribution in [3.05, 3.63) is 22.9 Å². The van der Waals surface area contributed by atoms with Crippen LogP contribution in [0.3, 0.4) is 0 Å². The van der Waals surface area contributed by atoms with Crippen molar-refractivity contribution >= 4 is 0 Å². The maximum Gasteiger partial charge on any atom is 0.574 e. The Labute approximate surface area is 102 Å². The molecule has 0 atom stereocenters.